The fraction of sp³-hybridized carbons (Fsp3) is 0.727. The molecular formula is C11H21N3O. The molecule has 1 aromatic rings. The SMILES string of the molecule is Cc1nn(C)cc1CNCC(C)(C)CO. The van der Waals surface area contributed by atoms with Gasteiger partial charge in [-0.1, -0.05) is 13.8 Å². The fourth-order valence-corrected chi connectivity index (χ4v) is 1.41. The fourth-order valence-electron chi connectivity index (χ4n) is 1.41. The molecule has 0 unspecified atom stereocenters. The molecule has 0 bridgehead atoms. The van der Waals surface area contributed by atoms with E-state index >= 15 is 0 Å². The van der Waals surface area contributed by atoms with Gasteiger partial charge in [0.15, 0.2) is 0 Å². The maximum atomic E-state index is 9.09. The van der Waals surface area contributed by atoms with Crippen molar-refractivity contribution in [3.63, 3.8) is 0 Å². The Morgan fingerprint density at radius 1 is 1.53 bits per heavy atom. The van der Waals surface area contributed by atoms with Gasteiger partial charge < -0.3 is 10.4 Å². The van der Waals surface area contributed by atoms with Crippen LogP contribution in [0.3, 0.4) is 0 Å². The Hall–Kier alpha value is -0.870. The summed E-state index contributed by atoms with van der Waals surface area (Å²) in [7, 11) is 1.92. The van der Waals surface area contributed by atoms with E-state index in [1.807, 2.05) is 38.7 Å². The first kappa shape index (κ1) is 12.2. The number of nitrogens with one attached hydrogen (secondary N) is 1. The number of aliphatic hydroxyl groups is 1. The summed E-state index contributed by atoms with van der Waals surface area (Å²) in [5.74, 6) is 0. The Morgan fingerprint density at radius 3 is 2.67 bits per heavy atom. The highest BCUT2D eigenvalue weighted by molar-refractivity contribution is 5.14. The summed E-state index contributed by atoms with van der Waals surface area (Å²) in [6.45, 7) is 7.90. The monoisotopic (exact) mass is 211 g/mol. The van der Waals surface area contributed by atoms with Crippen LogP contribution >= 0.6 is 0 Å². The molecule has 1 aromatic heterocycles. The van der Waals surface area contributed by atoms with Crippen LogP contribution in [0.2, 0.25) is 0 Å². The van der Waals surface area contributed by atoms with Crippen LogP contribution in [-0.4, -0.2) is 28.0 Å². The summed E-state index contributed by atoms with van der Waals surface area (Å²) in [4.78, 5) is 0. The molecule has 0 saturated carbocycles. The molecule has 0 aliphatic heterocycles. The van der Waals surface area contributed by atoms with Crippen LogP contribution in [0.4, 0.5) is 0 Å². The van der Waals surface area contributed by atoms with Crippen LogP contribution in [0.5, 0.6) is 0 Å². The van der Waals surface area contributed by atoms with E-state index in [-0.39, 0.29) is 12.0 Å². The van der Waals surface area contributed by atoms with E-state index in [1.54, 1.807) is 0 Å². The summed E-state index contributed by atoms with van der Waals surface area (Å²) in [6.07, 6.45) is 2.02. The van der Waals surface area contributed by atoms with E-state index in [1.165, 1.54) is 5.56 Å². The zero-order valence-corrected chi connectivity index (χ0v) is 10.0. The van der Waals surface area contributed by atoms with Crippen molar-refractivity contribution in [1.29, 1.82) is 0 Å². The van der Waals surface area contributed by atoms with Crippen LogP contribution in [0.15, 0.2) is 6.20 Å². The molecule has 0 aliphatic rings. The van der Waals surface area contributed by atoms with Crippen molar-refractivity contribution in [3.8, 4) is 0 Å². The Morgan fingerprint density at radius 2 is 2.20 bits per heavy atom. The Balaban J connectivity index is 2.41. The summed E-state index contributed by atoms with van der Waals surface area (Å²) < 4.78 is 1.82. The highest BCUT2D eigenvalue weighted by Gasteiger charge is 2.15. The second-order valence-electron chi connectivity index (χ2n) is 4.84. The second kappa shape index (κ2) is 4.77. The lowest BCUT2D eigenvalue weighted by molar-refractivity contribution is 0.156. The van der Waals surface area contributed by atoms with Gasteiger partial charge in [-0.3, -0.25) is 4.68 Å². The number of hydrogen-bond donors (Lipinski definition) is 2. The van der Waals surface area contributed by atoms with Gasteiger partial charge in [0, 0.05) is 43.9 Å². The predicted molar refractivity (Wildman–Crippen MR) is 60.5 cm³/mol. The van der Waals surface area contributed by atoms with Crippen LogP contribution in [0.25, 0.3) is 0 Å². The van der Waals surface area contributed by atoms with Crippen LogP contribution < -0.4 is 5.32 Å². The van der Waals surface area contributed by atoms with Crippen molar-refractivity contribution in [2.45, 2.75) is 27.3 Å². The van der Waals surface area contributed by atoms with Crippen molar-refractivity contribution in [2.75, 3.05) is 13.2 Å². The van der Waals surface area contributed by atoms with Gasteiger partial charge in [0.25, 0.3) is 0 Å². The first-order valence-electron chi connectivity index (χ1n) is 5.25. The molecular weight excluding hydrogens is 190 g/mol. The minimum Gasteiger partial charge on any atom is -0.396 e. The van der Waals surface area contributed by atoms with Crippen molar-refractivity contribution in [2.24, 2.45) is 12.5 Å². The topological polar surface area (TPSA) is 50.1 Å². The van der Waals surface area contributed by atoms with Gasteiger partial charge >= 0.3 is 0 Å². The van der Waals surface area contributed by atoms with E-state index < -0.39 is 0 Å². The quantitative estimate of drug-likeness (QED) is 0.758. The zero-order chi connectivity index (χ0) is 11.5. The predicted octanol–water partition coefficient (Wildman–Crippen LogP) is 0.837. The molecule has 0 atom stereocenters. The standard InChI is InChI=1S/C11H21N3O/c1-9-10(6-14(4)13-9)5-12-7-11(2,3)8-15/h6,12,15H,5,7-8H2,1-4H3. The lowest BCUT2D eigenvalue weighted by Gasteiger charge is -2.21. The van der Waals surface area contributed by atoms with E-state index in [4.69, 9.17) is 5.11 Å². The maximum absolute atomic E-state index is 9.09. The minimum absolute atomic E-state index is 0.0594. The molecule has 86 valence electrons. The molecule has 0 amide bonds. The van der Waals surface area contributed by atoms with E-state index in [0.29, 0.717) is 0 Å². The second-order valence-corrected chi connectivity index (χ2v) is 4.84. The van der Waals surface area contributed by atoms with Gasteiger partial charge in [-0.05, 0) is 6.92 Å². The van der Waals surface area contributed by atoms with Crippen molar-refractivity contribution in [1.82, 2.24) is 15.1 Å². The Kier molecular flexibility index (Phi) is 3.88. The number of aromatic nitrogens is 2. The molecule has 15 heavy (non-hydrogen) atoms. The van der Waals surface area contributed by atoms with Crippen molar-refractivity contribution in [3.05, 3.63) is 17.5 Å². The molecule has 1 rings (SSSR count). The Bertz CT molecular complexity index is 318. The van der Waals surface area contributed by atoms with E-state index in [0.717, 1.165) is 18.8 Å². The molecule has 0 fully saturated rings. The number of aliphatic hydroxyl groups excluding tert-OH is 1. The summed E-state index contributed by atoms with van der Waals surface area (Å²) in [5.41, 5.74) is 2.22. The third-order valence-electron chi connectivity index (χ3n) is 2.46. The number of nitrogens with zero attached hydrogens (tertiary/aromatic N) is 2. The third-order valence-corrected chi connectivity index (χ3v) is 2.46. The first-order valence-corrected chi connectivity index (χ1v) is 5.25. The lowest BCUT2D eigenvalue weighted by atomic mass is 9.95. The van der Waals surface area contributed by atoms with Gasteiger partial charge in [-0.2, -0.15) is 5.10 Å². The molecule has 1 heterocycles. The third kappa shape index (κ3) is 3.64. The molecule has 4 heteroatoms. The van der Waals surface area contributed by atoms with Gasteiger partial charge in [0.05, 0.1) is 5.69 Å². The summed E-state index contributed by atoms with van der Waals surface area (Å²) >= 11 is 0. The van der Waals surface area contributed by atoms with E-state index in [9.17, 15) is 0 Å². The van der Waals surface area contributed by atoms with Crippen molar-refractivity contribution < 1.29 is 5.11 Å². The highest BCUT2D eigenvalue weighted by atomic mass is 16.3. The Labute approximate surface area is 91.3 Å². The summed E-state index contributed by atoms with van der Waals surface area (Å²) in [5, 5.41) is 16.7. The summed E-state index contributed by atoms with van der Waals surface area (Å²) in [6, 6.07) is 0. The van der Waals surface area contributed by atoms with Gasteiger partial charge in [-0.25, -0.2) is 0 Å². The molecule has 0 spiro atoms. The van der Waals surface area contributed by atoms with Gasteiger partial charge in [-0.15, -0.1) is 0 Å². The van der Waals surface area contributed by atoms with Crippen LogP contribution in [-0.2, 0) is 13.6 Å². The zero-order valence-electron chi connectivity index (χ0n) is 10.0. The number of aryl methyl sites for hydroxylation is 2. The first-order chi connectivity index (χ1) is 6.94. The maximum Gasteiger partial charge on any atom is 0.0638 e. The lowest BCUT2D eigenvalue weighted by Crippen LogP contribution is -2.31. The van der Waals surface area contributed by atoms with E-state index in [2.05, 4.69) is 10.4 Å². The number of hydrogen-bond acceptors (Lipinski definition) is 3. The molecule has 0 saturated heterocycles. The minimum atomic E-state index is -0.0594. The smallest absolute Gasteiger partial charge is 0.0638 e. The average molecular weight is 211 g/mol. The van der Waals surface area contributed by atoms with Crippen LogP contribution in [0.1, 0.15) is 25.1 Å². The van der Waals surface area contributed by atoms with Crippen LogP contribution in [0, 0.1) is 12.3 Å². The highest BCUT2D eigenvalue weighted by Crippen LogP contribution is 2.12. The molecule has 2 N–H and O–H groups in total. The molecule has 4 nitrogen and oxygen atoms in total. The molecule has 0 radical (unpaired) electrons. The van der Waals surface area contributed by atoms with Gasteiger partial charge in [0.2, 0.25) is 0 Å². The largest absolute Gasteiger partial charge is 0.396 e. The molecule has 0 aliphatic carbocycles. The number of rotatable bonds is 5. The van der Waals surface area contributed by atoms with Gasteiger partial charge in [0.1, 0.15) is 0 Å². The normalized spacial score (nSPS) is 12.1. The average Bonchev–Trinajstić information content (AvgIpc) is 2.45. The molecule has 0 aromatic carbocycles. The van der Waals surface area contributed by atoms with Crippen molar-refractivity contribution >= 4 is 0 Å².